The Morgan fingerprint density at radius 1 is 1.56 bits per heavy atom. The minimum absolute atomic E-state index is 0.185. The Hall–Kier alpha value is -0.0800. The summed E-state index contributed by atoms with van der Waals surface area (Å²) in [6.45, 7) is 4.00. The van der Waals surface area contributed by atoms with Crippen molar-refractivity contribution in [1.29, 1.82) is 0 Å². The fourth-order valence-corrected chi connectivity index (χ4v) is 1.34. The van der Waals surface area contributed by atoms with Crippen LogP contribution >= 0.6 is 0 Å². The van der Waals surface area contributed by atoms with Crippen LogP contribution in [0.2, 0.25) is 0 Å². The Morgan fingerprint density at radius 2 is 2.22 bits per heavy atom. The molecule has 0 aromatic heterocycles. The minimum Gasteiger partial charge on any atom is -0.392 e. The summed E-state index contributed by atoms with van der Waals surface area (Å²) in [6.07, 6.45) is 2.14. The van der Waals surface area contributed by atoms with Crippen LogP contribution in [0, 0.1) is 0 Å². The van der Waals surface area contributed by atoms with E-state index in [1.165, 1.54) is 6.42 Å². The standard InChI is InChI=1S/C7H15NO/c1-5-3-4-7(8-5)6(2)9/h5-9H,3-4H2,1-2H3. The van der Waals surface area contributed by atoms with Gasteiger partial charge in [0, 0.05) is 12.1 Å². The molecule has 54 valence electrons. The lowest BCUT2D eigenvalue weighted by Gasteiger charge is -2.13. The highest BCUT2D eigenvalue weighted by Crippen LogP contribution is 2.13. The summed E-state index contributed by atoms with van der Waals surface area (Å²) in [7, 11) is 0. The van der Waals surface area contributed by atoms with Gasteiger partial charge < -0.3 is 10.4 Å². The second-order valence-corrected chi connectivity index (χ2v) is 2.99. The minimum atomic E-state index is -0.185. The first-order valence-electron chi connectivity index (χ1n) is 3.64. The maximum absolute atomic E-state index is 9.11. The van der Waals surface area contributed by atoms with Gasteiger partial charge in [-0.15, -0.1) is 0 Å². The summed E-state index contributed by atoms with van der Waals surface area (Å²) in [4.78, 5) is 0. The molecular weight excluding hydrogens is 114 g/mol. The van der Waals surface area contributed by atoms with Crippen LogP contribution in [0.25, 0.3) is 0 Å². The first kappa shape index (κ1) is 7.03. The van der Waals surface area contributed by atoms with Crippen LogP contribution in [0.3, 0.4) is 0 Å². The highest BCUT2D eigenvalue weighted by molar-refractivity contribution is 4.83. The van der Waals surface area contributed by atoms with Crippen molar-refractivity contribution in [3.8, 4) is 0 Å². The van der Waals surface area contributed by atoms with Crippen molar-refractivity contribution >= 4 is 0 Å². The predicted octanol–water partition coefficient (Wildman–Crippen LogP) is 0.508. The Balaban J connectivity index is 2.30. The van der Waals surface area contributed by atoms with Crippen molar-refractivity contribution in [1.82, 2.24) is 5.32 Å². The molecule has 2 nitrogen and oxygen atoms in total. The first-order valence-corrected chi connectivity index (χ1v) is 3.64. The summed E-state index contributed by atoms with van der Waals surface area (Å²) in [5.74, 6) is 0. The molecule has 9 heavy (non-hydrogen) atoms. The molecule has 3 unspecified atom stereocenters. The number of hydrogen-bond donors (Lipinski definition) is 2. The monoisotopic (exact) mass is 129 g/mol. The summed E-state index contributed by atoms with van der Waals surface area (Å²) in [5.41, 5.74) is 0. The molecule has 1 rings (SSSR count). The molecule has 0 saturated carbocycles. The molecule has 1 fully saturated rings. The highest BCUT2D eigenvalue weighted by atomic mass is 16.3. The van der Waals surface area contributed by atoms with Gasteiger partial charge in [0.1, 0.15) is 0 Å². The van der Waals surface area contributed by atoms with Crippen LogP contribution < -0.4 is 5.32 Å². The maximum atomic E-state index is 9.11. The van der Waals surface area contributed by atoms with Gasteiger partial charge in [-0.3, -0.25) is 0 Å². The molecule has 0 bridgehead atoms. The highest BCUT2D eigenvalue weighted by Gasteiger charge is 2.23. The van der Waals surface area contributed by atoms with Crippen molar-refractivity contribution in [2.75, 3.05) is 0 Å². The lowest BCUT2D eigenvalue weighted by atomic mass is 10.1. The Labute approximate surface area is 56.3 Å². The Bertz CT molecular complexity index is 92.9. The van der Waals surface area contributed by atoms with E-state index in [2.05, 4.69) is 12.2 Å². The molecule has 2 N–H and O–H groups in total. The molecule has 1 aliphatic heterocycles. The second kappa shape index (κ2) is 2.67. The van der Waals surface area contributed by atoms with E-state index >= 15 is 0 Å². The van der Waals surface area contributed by atoms with Gasteiger partial charge in [0.2, 0.25) is 0 Å². The first-order chi connectivity index (χ1) is 4.20. The maximum Gasteiger partial charge on any atom is 0.0665 e. The second-order valence-electron chi connectivity index (χ2n) is 2.99. The van der Waals surface area contributed by atoms with E-state index < -0.39 is 0 Å². The van der Waals surface area contributed by atoms with Crippen molar-refractivity contribution in [3.63, 3.8) is 0 Å². The molecule has 3 atom stereocenters. The topological polar surface area (TPSA) is 32.3 Å². The number of aliphatic hydroxyl groups excluding tert-OH is 1. The van der Waals surface area contributed by atoms with E-state index in [4.69, 9.17) is 5.11 Å². The van der Waals surface area contributed by atoms with Gasteiger partial charge in [-0.1, -0.05) is 0 Å². The van der Waals surface area contributed by atoms with Gasteiger partial charge in [-0.2, -0.15) is 0 Å². The predicted molar refractivity (Wildman–Crippen MR) is 37.3 cm³/mol. The van der Waals surface area contributed by atoms with E-state index in [-0.39, 0.29) is 6.10 Å². The Morgan fingerprint density at radius 3 is 2.44 bits per heavy atom. The summed E-state index contributed by atoms with van der Waals surface area (Å²) >= 11 is 0. The Kier molecular flexibility index (Phi) is 2.09. The van der Waals surface area contributed by atoms with Crippen LogP contribution in [0.5, 0.6) is 0 Å². The third-order valence-corrected chi connectivity index (χ3v) is 1.99. The molecule has 0 aromatic carbocycles. The molecular formula is C7H15NO. The fourth-order valence-electron chi connectivity index (χ4n) is 1.34. The van der Waals surface area contributed by atoms with Crippen molar-refractivity contribution in [2.45, 2.75) is 44.9 Å². The average molecular weight is 129 g/mol. The van der Waals surface area contributed by atoms with Gasteiger partial charge >= 0.3 is 0 Å². The quantitative estimate of drug-likeness (QED) is 0.540. The molecule has 0 radical (unpaired) electrons. The molecule has 1 aliphatic rings. The summed E-state index contributed by atoms with van der Waals surface area (Å²) < 4.78 is 0. The van der Waals surface area contributed by atoms with Crippen LogP contribution in [-0.2, 0) is 0 Å². The van der Waals surface area contributed by atoms with Gasteiger partial charge in [0.05, 0.1) is 6.10 Å². The van der Waals surface area contributed by atoms with Gasteiger partial charge in [-0.05, 0) is 26.7 Å². The number of rotatable bonds is 1. The zero-order valence-corrected chi connectivity index (χ0v) is 6.09. The van der Waals surface area contributed by atoms with Gasteiger partial charge in [0.15, 0.2) is 0 Å². The smallest absolute Gasteiger partial charge is 0.0665 e. The summed E-state index contributed by atoms with van der Waals surface area (Å²) in [5, 5.41) is 12.4. The van der Waals surface area contributed by atoms with Gasteiger partial charge in [0.25, 0.3) is 0 Å². The molecule has 1 saturated heterocycles. The van der Waals surface area contributed by atoms with Crippen molar-refractivity contribution in [3.05, 3.63) is 0 Å². The molecule has 0 spiro atoms. The summed E-state index contributed by atoms with van der Waals surface area (Å²) in [6, 6.07) is 0.949. The fraction of sp³-hybridized carbons (Fsp3) is 1.00. The zero-order chi connectivity index (χ0) is 6.85. The van der Waals surface area contributed by atoms with E-state index in [9.17, 15) is 0 Å². The molecule has 0 aliphatic carbocycles. The largest absolute Gasteiger partial charge is 0.392 e. The van der Waals surface area contributed by atoms with Crippen molar-refractivity contribution < 1.29 is 5.11 Å². The van der Waals surface area contributed by atoms with E-state index in [1.54, 1.807) is 0 Å². The van der Waals surface area contributed by atoms with Gasteiger partial charge in [-0.25, -0.2) is 0 Å². The van der Waals surface area contributed by atoms with Crippen LogP contribution in [0.4, 0.5) is 0 Å². The SMILES string of the molecule is CC1CCC(C(C)O)N1. The average Bonchev–Trinajstić information content (AvgIpc) is 2.14. The van der Waals surface area contributed by atoms with E-state index in [0.717, 1.165) is 6.42 Å². The third kappa shape index (κ3) is 1.66. The zero-order valence-electron chi connectivity index (χ0n) is 6.09. The van der Waals surface area contributed by atoms with Crippen LogP contribution in [0.15, 0.2) is 0 Å². The molecule has 0 aromatic rings. The number of nitrogens with one attached hydrogen (secondary N) is 1. The normalized spacial score (nSPS) is 39.0. The molecule has 0 amide bonds. The van der Waals surface area contributed by atoms with E-state index in [1.807, 2.05) is 6.92 Å². The lowest BCUT2D eigenvalue weighted by molar-refractivity contribution is 0.152. The van der Waals surface area contributed by atoms with Crippen molar-refractivity contribution in [2.24, 2.45) is 0 Å². The lowest BCUT2D eigenvalue weighted by Crippen LogP contribution is -2.35. The molecule has 1 heterocycles. The van der Waals surface area contributed by atoms with Crippen LogP contribution in [-0.4, -0.2) is 23.3 Å². The third-order valence-electron chi connectivity index (χ3n) is 1.99. The molecule has 2 heteroatoms. The number of hydrogen-bond acceptors (Lipinski definition) is 2. The van der Waals surface area contributed by atoms with E-state index in [0.29, 0.717) is 12.1 Å². The number of aliphatic hydroxyl groups is 1. The van der Waals surface area contributed by atoms with Crippen LogP contribution in [0.1, 0.15) is 26.7 Å².